The van der Waals surface area contributed by atoms with Gasteiger partial charge in [0.25, 0.3) is 0 Å². The Kier molecular flexibility index (Phi) is 313. The second-order valence-electron chi connectivity index (χ2n) is 0.577. The van der Waals surface area contributed by atoms with E-state index < -0.39 is 94.2 Å². The van der Waals surface area contributed by atoms with Crippen LogP contribution in [-0.2, 0) is 22.7 Å². The second kappa shape index (κ2) is 126. The minimum absolute atomic E-state index is 0. The Labute approximate surface area is 185 Å². The summed E-state index contributed by atoms with van der Waals surface area (Å²) in [7, 11) is 0. The van der Waals surface area contributed by atoms with Crippen molar-refractivity contribution in [3.05, 3.63) is 0 Å². The Bertz CT molecular complexity index is 119. The molecule has 0 fully saturated rings. The molecule has 0 N–H and O–H groups in total. The van der Waals surface area contributed by atoms with E-state index in [-0.39, 0.29) is 46.0 Å². The summed E-state index contributed by atoms with van der Waals surface area (Å²) in [6, 6.07) is 0. The van der Waals surface area contributed by atoms with Crippen LogP contribution < -0.4 is 24.8 Å². The Balaban J connectivity index is -0.0000000141. The zero-order valence-corrected chi connectivity index (χ0v) is 29.8. The summed E-state index contributed by atoms with van der Waals surface area (Å²) < 4.78 is 102. The average molecular weight is 912 g/mol. The molecule has 0 rings (SSSR count). The van der Waals surface area contributed by atoms with Gasteiger partial charge in [0.1, 0.15) is 0 Å². The van der Waals surface area contributed by atoms with E-state index in [1.807, 2.05) is 0 Å². The van der Waals surface area contributed by atoms with Gasteiger partial charge in [-0.15, -0.1) is 0 Å². The molecule has 0 atom stereocenters. The van der Waals surface area contributed by atoms with Crippen LogP contribution >= 0.6 is 0 Å². The molecule has 2 radical (unpaired) electrons. The number of hydrogen-bond donors (Lipinski definition) is 0. The van der Waals surface area contributed by atoms with Gasteiger partial charge in [-0.05, 0) is 0 Å². The summed E-state index contributed by atoms with van der Waals surface area (Å²) in [5.74, 6) is 0. The monoisotopic (exact) mass is 919 g/mol. The molecule has 0 heterocycles. The normalized spacial score (nSPS) is 3.60. The molecular weight excluding hydrogens is 906 g/mol. The van der Waals surface area contributed by atoms with Gasteiger partial charge in [-0.1, -0.05) is 0 Å². The Morgan fingerprint density at radius 3 is 0.400 bits per heavy atom. The maximum absolute atomic E-state index is 8.53. The Hall–Kier alpha value is 2.38. The predicted octanol–water partition coefficient (Wildman–Crippen LogP) is -12.5. The fraction of sp³-hybridized carbons (Fsp3) is 0. The summed E-state index contributed by atoms with van der Waals surface area (Å²) >= 11 is -13.1. The summed E-state index contributed by atoms with van der Waals surface area (Å²) in [6.07, 6.45) is 0. The van der Waals surface area contributed by atoms with Gasteiger partial charge in [0.05, 0.1) is 0 Å². The molecule has 0 saturated carbocycles. The zero-order chi connectivity index (χ0) is 16.2. The molecule has 12 nitrogen and oxygen atoms in total. The first kappa shape index (κ1) is 49.5. The molecule has 0 bridgehead atoms. The van der Waals surface area contributed by atoms with Crippen molar-refractivity contribution in [2.45, 2.75) is 0 Å². The number of hydrogen-bond acceptors (Lipinski definition) is 12. The molecule has 0 amide bonds. The maximum atomic E-state index is 8.53. The van der Waals surface area contributed by atoms with Crippen molar-refractivity contribution in [3.63, 3.8) is 0 Å². The van der Waals surface area contributed by atoms with Gasteiger partial charge in [-0.2, -0.15) is 0 Å². The van der Waals surface area contributed by atoms with Gasteiger partial charge in [-0.3, -0.25) is 0 Å². The van der Waals surface area contributed by atoms with Gasteiger partial charge in [0.15, 0.2) is 0 Å². The zero-order valence-electron chi connectivity index (χ0n) is 9.39. The van der Waals surface area contributed by atoms with Crippen molar-refractivity contribution in [1.82, 2.24) is 0 Å². The van der Waals surface area contributed by atoms with Gasteiger partial charge in [0.2, 0.25) is 0 Å². The van der Waals surface area contributed by atoms with Crippen LogP contribution in [0, 0.1) is 0 Å². The van der Waals surface area contributed by atoms with E-state index >= 15 is 0 Å². The van der Waals surface area contributed by atoms with Crippen LogP contribution in [0.1, 0.15) is 0 Å². The first-order valence-corrected chi connectivity index (χ1v) is 14.7. The van der Waals surface area contributed by atoms with Crippen molar-refractivity contribution in [3.8, 4) is 0 Å². The molecule has 20 heavy (non-hydrogen) atoms. The summed E-state index contributed by atoms with van der Waals surface area (Å²) in [5.41, 5.74) is 0. The average Bonchev–Trinajstić information content (AvgIpc) is 2.23. The van der Waals surface area contributed by atoms with E-state index in [1.54, 1.807) is 0 Å². The van der Waals surface area contributed by atoms with Crippen LogP contribution in [-0.4, -0.2) is 140 Å². The molecule has 0 aliphatic heterocycles. The van der Waals surface area contributed by atoms with E-state index in [4.69, 9.17) is 47.5 Å². The topological polar surface area (TPSA) is 241 Å². The molecule has 0 saturated heterocycles. The fourth-order valence-electron chi connectivity index (χ4n) is 0. The van der Waals surface area contributed by atoms with Crippen LogP contribution in [0.4, 0.5) is 0 Å². The van der Waals surface area contributed by atoms with Gasteiger partial charge in [0, 0.05) is 0 Å². The van der Waals surface area contributed by atoms with E-state index in [2.05, 4.69) is 0 Å². The first-order chi connectivity index (χ1) is 8.49. The standard InChI is InChI=1S/Bi.Ga.6GeHO2/c;;6*2-1-3/h;;6*1H/q2*+3;6*-1. The van der Waals surface area contributed by atoms with E-state index in [1.165, 1.54) is 0 Å². The van der Waals surface area contributed by atoms with E-state index in [0.717, 1.165) is 0 Å². The molecule has 20 heteroatoms. The SMILES string of the molecule is [Bi+3].[Ga+3].[O]=[GeH][O-].[O]=[GeH][O-].[O]=[GeH][O-].[O]=[GeH][O-].[O]=[GeH][O-].[O]=[GeH][O-]. The third-order valence-electron chi connectivity index (χ3n) is 0. The fourth-order valence-corrected chi connectivity index (χ4v) is 0. The molecule has 0 aliphatic rings. The summed E-state index contributed by atoms with van der Waals surface area (Å²) in [5, 5.41) is 0. The summed E-state index contributed by atoms with van der Waals surface area (Å²) in [6.45, 7) is 0. The van der Waals surface area contributed by atoms with Gasteiger partial charge < -0.3 is 0 Å². The van der Waals surface area contributed by atoms with Crippen molar-refractivity contribution in [2.75, 3.05) is 0 Å². The molecule has 0 aliphatic carbocycles. The van der Waals surface area contributed by atoms with Crippen molar-refractivity contribution < 1.29 is 47.5 Å². The van der Waals surface area contributed by atoms with Crippen LogP contribution in [0.3, 0.4) is 0 Å². The van der Waals surface area contributed by atoms with Gasteiger partial charge in [-0.25, -0.2) is 0 Å². The first-order valence-electron chi connectivity index (χ1n) is 2.83. The Morgan fingerprint density at radius 1 is 0.400 bits per heavy atom. The molecule has 0 aromatic rings. The number of rotatable bonds is 0. The van der Waals surface area contributed by atoms with Crippen LogP contribution in [0.5, 0.6) is 0 Å². The van der Waals surface area contributed by atoms with Crippen LogP contribution in [0.15, 0.2) is 0 Å². The Morgan fingerprint density at radius 2 is 0.400 bits per heavy atom. The van der Waals surface area contributed by atoms with Crippen molar-refractivity contribution in [1.29, 1.82) is 0 Å². The van der Waals surface area contributed by atoms with E-state index in [0.29, 0.717) is 0 Å². The van der Waals surface area contributed by atoms with Crippen molar-refractivity contribution in [2.24, 2.45) is 0 Å². The molecular formula is H6BiGaGe6O12. The molecule has 0 aromatic heterocycles. The van der Waals surface area contributed by atoms with Crippen LogP contribution in [0.25, 0.3) is 0 Å². The van der Waals surface area contributed by atoms with Crippen LogP contribution in [0.2, 0.25) is 0 Å². The molecule has 110 valence electrons. The quantitative estimate of drug-likeness (QED) is 0.206. The predicted molar refractivity (Wildman–Crippen MR) is 58.5 cm³/mol. The third kappa shape index (κ3) is 1350. The second-order valence-corrected chi connectivity index (χ2v) is 3.00. The molecule has 0 spiro atoms. The third-order valence-corrected chi connectivity index (χ3v) is 0. The molecule has 0 unspecified atom stereocenters. The van der Waals surface area contributed by atoms with Gasteiger partial charge >= 0.3 is 188 Å². The summed E-state index contributed by atoms with van der Waals surface area (Å²) in [4.78, 5) is 0. The molecule has 0 aromatic carbocycles. The minimum atomic E-state index is -2.19. The van der Waals surface area contributed by atoms with E-state index in [9.17, 15) is 0 Å². The van der Waals surface area contributed by atoms with Crippen molar-refractivity contribution >= 4 is 140 Å².